The Morgan fingerprint density at radius 2 is 2.21 bits per heavy atom. The van der Waals surface area contributed by atoms with Gasteiger partial charge in [-0.25, -0.2) is 9.37 Å². The number of halogens is 1. The first-order chi connectivity index (χ1) is 9.11. The molecular formula is C15H20FN3. The predicted octanol–water partition coefficient (Wildman–Crippen LogP) is 3.91. The maximum absolute atomic E-state index is 13.6. The number of hydrogen-bond donors (Lipinski definition) is 1. The van der Waals surface area contributed by atoms with Crippen LogP contribution in [0.25, 0.3) is 0 Å². The highest BCUT2D eigenvalue weighted by Crippen LogP contribution is 2.20. The zero-order valence-corrected chi connectivity index (χ0v) is 11.7. The highest BCUT2D eigenvalue weighted by Gasteiger charge is 2.10. The molecule has 1 aromatic carbocycles. The molecule has 0 amide bonds. The molecule has 4 heteroatoms. The quantitative estimate of drug-likeness (QED) is 0.884. The summed E-state index contributed by atoms with van der Waals surface area (Å²) in [7, 11) is 0. The van der Waals surface area contributed by atoms with Crippen LogP contribution in [-0.2, 0) is 6.54 Å². The molecule has 2 aromatic rings. The minimum Gasteiger partial charge on any atom is -0.349 e. The second kappa shape index (κ2) is 5.87. The molecule has 0 aliphatic heterocycles. The smallest absolute Gasteiger partial charge is 0.203 e. The molecule has 0 fully saturated rings. The number of anilines is 1. The summed E-state index contributed by atoms with van der Waals surface area (Å²) in [5.41, 5.74) is 1.59. The van der Waals surface area contributed by atoms with Gasteiger partial charge in [0.2, 0.25) is 5.95 Å². The minimum atomic E-state index is -0.164. The number of aryl methyl sites for hydroxylation is 2. The van der Waals surface area contributed by atoms with Crippen molar-refractivity contribution in [1.82, 2.24) is 9.55 Å². The highest BCUT2D eigenvalue weighted by atomic mass is 19.1. The van der Waals surface area contributed by atoms with E-state index in [0.29, 0.717) is 5.56 Å². The van der Waals surface area contributed by atoms with Gasteiger partial charge in [-0.2, -0.15) is 0 Å². The van der Waals surface area contributed by atoms with Crippen LogP contribution in [0, 0.1) is 12.7 Å². The Morgan fingerprint density at radius 1 is 1.42 bits per heavy atom. The van der Waals surface area contributed by atoms with Gasteiger partial charge in [-0.1, -0.05) is 19.1 Å². The van der Waals surface area contributed by atoms with Gasteiger partial charge in [0.25, 0.3) is 0 Å². The number of nitrogens with zero attached hydrogens (tertiary/aromatic N) is 2. The van der Waals surface area contributed by atoms with Crippen molar-refractivity contribution in [1.29, 1.82) is 0 Å². The molecule has 1 atom stereocenters. The average molecular weight is 261 g/mol. The molecule has 3 nitrogen and oxygen atoms in total. The van der Waals surface area contributed by atoms with Crippen molar-refractivity contribution in [3.63, 3.8) is 0 Å². The van der Waals surface area contributed by atoms with Crippen molar-refractivity contribution < 1.29 is 4.39 Å². The normalized spacial score (nSPS) is 12.4. The predicted molar refractivity (Wildman–Crippen MR) is 75.7 cm³/mol. The van der Waals surface area contributed by atoms with E-state index in [2.05, 4.69) is 21.8 Å². The Labute approximate surface area is 113 Å². The first kappa shape index (κ1) is 13.6. The second-order valence-corrected chi connectivity index (χ2v) is 4.82. The van der Waals surface area contributed by atoms with Gasteiger partial charge < -0.3 is 9.88 Å². The van der Waals surface area contributed by atoms with E-state index in [1.54, 1.807) is 25.3 Å². The van der Waals surface area contributed by atoms with Gasteiger partial charge in [-0.15, -0.1) is 0 Å². The average Bonchev–Trinajstić information content (AvgIpc) is 2.80. The molecule has 0 aliphatic rings. The lowest BCUT2D eigenvalue weighted by atomic mass is 10.1. The van der Waals surface area contributed by atoms with E-state index < -0.39 is 0 Å². The minimum absolute atomic E-state index is 0.0214. The van der Waals surface area contributed by atoms with Crippen LogP contribution in [0.15, 0.2) is 30.6 Å². The van der Waals surface area contributed by atoms with E-state index in [-0.39, 0.29) is 11.9 Å². The van der Waals surface area contributed by atoms with Gasteiger partial charge in [0.1, 0.15) is 5.82 Å². The van der Waals surface area contributed by atoms with Crippen molar-refractivity contribution in [2.24, 2.45) is 0 Å². The third kappa shape index (κ3) is 3.13. The second-order valence-electron chi connectivity index (χ2n) is 4.82. The summed E-state index contributed by atoms with van der Waals surface area (Å²) in [6.45, 7) is 6.83. The van der Waals surface area contributed by atoms with Crippen LogP contribution in [0.4, 0.5) is 10.3 Å². The van der Waals surface area contributed by atoms with Crippen LogP contribution < -0.4 is 5.32 Å². The lowest BCUT2D eigenvalue weighted by Gasteiger charge is -2.16. The Kier molecular flexibility index (Phi) is 4.20. The number of nitrogens with one attached hydrogen (secondary N) is 1. The topological polar surface area (TPSA) is 29.9 Å². The summed E-state index contributed by atoms with van der Waals surface area (Å²) in [5.74, 6) is 0.665. The molecule has 0 radical (unpaired) electrons. The summed E-state index contributed by atoms with van der Waals surface area (Å²) in [4.78, 5) is 4.30. The molecule has 0 saturated heterocycles. The lowest BCUT2D eigenvalue weighted by molar-refractivity contribution is 0.613. The van der Waals surface area contributed by atoms with Gasteiger partial charge in [-0.05, 0) is 37.5 Å². The summed E-state index contributed by atoms with van der Waals surface area (Å²) < 4.78 is 15.6. The molecule has 0 spiro atoms. The summed E-state index contributed by atoms with van der Waals surface area (Å²) in [6.07, 6.45) is 4.79. The maximum atomic E-state index is 13.6. The van der Waals surface area contributed by atoms with Crippen molar-refractivity contribution in [3.05, 3.63) is 47.5 Å². The molecule has 0 bridgehead atoms. The van der Waals surface area contributed by atoms with Crippen LogP contribution in [0.2, 0.25) is 0 Å². The number of imidazole rings is 1. The Balaban J connectivity index is 2.13. The summed E-state index contributed by atoms with van der Waals surface area (Å²) >= 11 is 0. The fourth-order valence-electron chi connectivity index (χ4n) is 2.03. The lowest BCUT2D eigenvalue weighted by Crippen LogP contribution is -2.12. The largest absolute Gasteiger partial charge is 0.349 e. The van der Waals surface area contributed by atoms with E-state index in [4.69, 9.17) is 0 Å². The fraction of sp³-hybridized carbons (Fsp3) is 0.400. The number of hydrogen-bond acceptors (Lipinski definition) is 2. The van der Waals surface area contributed by atoms with Gasteiger partial charge in [-0.3, -0.25) is 0 Å². The first-order valence-corrected chi connectivity index (χ1v) is 6.65. The number of aromatic nitrogens is 2. The van der Waals surface area contributed by atoms with Gasteiger partial charge >= 0.3 is 0 Å². The zero-order valence-electron chi connectivity index (χ0n) is 11.7. The molecule has 1 N–H and O–H groups in total. The molecule has 1 unspecified atom stereocenters. The van der Waals surface area contributed by atoms with Crippen molar-refractivity contribution in [2.45, 2.75) is 39.8 Å². The Bertz CT molecular complexity index is 548. The van der Waals surface area contributed by atoms with Crippen molar-refractivity contribution >= 4 is 5.95 Å². The van der Waals surface area contributed by atoms with E-state index in [9.17, 15) is 4.39 Å². The van der Waals surface area contributed by atoms with E-state index >= 15 is 0 Å². The molecule has 1 aromatic heterocycles. The van der Waals surface area contributed by atoms with E-state index in [0.717, 1.165) is 24.5 Å². The van der Waals surface area contributed by atoms with Crippen LogP contribution in [-0.4, -0.2) is 9.55 Å². The number of rotatable bonds is 5. The third-order valence-electron chi connectivity index (χ3n) is 3.22. The number of benzene rings is 1. The maximum Gasteiger partial charge on any atom is 0.203 e. The summed E-state index contributed by atoms with van der Waals surface area (Å²) in [5, 5.41) is 3.32. The molecule has 1 heterocycles. The third-order valence-corrected chi connectivity index (χ3v) is 3.22. The SMILES string of the molecule is CCCn1ccnc1NC(C)c1ccc(C)c(F)c1. The monoisotopic (exact) mass is 261 g/mol. The van der Waals surface area contributed by atoms with Gasteiger partial charge in [0.15, 0.2) is 0 Å². The highest BCUT2D eigenvalue weighted by molar-refractivity contribution is 5.34. The van der Waals surface area contributed by atoms with Crippen molar-refractivity contribution in [2.75, 3.05) is 5.32 Å². The van der Waals surface area contributed by atoms with Crippen LogP contribution in [0.1, 0.15) is 37.4 Å². The van der Waals surface area contributed by atoms with Gasteiger partial charge in [0, 0.05) is 18.9 Å². The molecule has 102 valence electrons. The van der Waals surface area contributed by atoms with Crippen molar-refractivity contribution in [3.8, 4) is 0 Å². The van der Waals surface area contributed by atoms with Crippen LogP contribution >= 0.6 is 0 Å². The standard InChI is InChI=1S/C15H20FN3/c1-4-8-19-9-7-17-15(19)18-12(3)13-6-5-11(2)14(16)10-13/h5-7,9-10,12H,4,8H2,1-3H3,(H,17,18). The van der Waals surface area contributed by atoms with E-state index in [1.165, 1.54) is 0 Å². The zero-order chi connectivity index (χ0) is 13.8. The first-order valence-electron chi connectivity index (χ1n) is 6.65. The molecule has 2 rings (SSSR count). The van der Waals surface area contributed by atoms with Crippen LogP contribution in [0.3, 0.4) is 0 Å². The Hall–Kier alpha value is -1.84. The Morgan fingerprint density at radius 3 is 2.89 bits per heavy atom. The molecule has 0 saturated carbocycles. The summed E-state index contributed by atoms with van der Waals surface area (Å²) in [6, 6.07) is 5.36. The van der Waals surface area contributed by atoms with E-state index in [1.807, 2.05) is 19.2 Å². The van der Waals surface area contributed by atoms with Gasteiger partial charge in [0.05, 0.1) is 6.04 Å². The molecular weight excluding hydrogens is 241 g/mol. The molecule has 19 heavy (non-hydrogen) atoms. The van der Waals surface area contributed by atoms with Crippen LogP contribution in [0.5, 0.6) is 0 Å². The fourth-order valence-corrected chi connectivity index (χ4v) is 2.03. The molecule has 0 aliphatic carbocycles.